The molecule has 2 heterocycles. The molecule has 0 unspecified atom stereocenters. The molecular formula is C21H20N2OS. The molecule has 0 aliphatic carbocycles. The van der Waals surface area contributed by atoms with Gasteiger partial charge in [0.2, 0.25) is 5.78 Å². The SMILES string of the molecule is CCN1CCc2c(Nc3ccccc3)sc(C(=O)c3ccccc3)c21. The van der Waals surface area contributed by atoms with Gasteiger partial charge in [-0.1, -0.05) is 48.5 Å². The molecule has 3 aromatic rings. The van der Waals surface area contributed by atoms with Crippen molar-refractivity contribution in [3.05, 3.63) is 76.7 Å². The van der Waals surface area contributed by atoms with Crippen molar-refractivity contribution in [3.63, 3.8) is 0 Å². The third-order valence-electron chi connectivity index (χ3n) is 4.58. The fourth-order valence-corrected chi connectivity index (χ4v) is 4.58. The van der Waals surface area contributed by atoms with Gasteiger partial charge >= 0.3 is 0 Å². The highest BCUT2D eigenvalue weighted by molar-refractivity contribution is 7.19. The van der Waals surface area contributed by atoms with Crippen LogP contribution >= 0.6 is 11.3 Å². The number of carbonyl (C=O) groups excluding carboxylic acids is 1. The van der Waals surface area contributed by atoms with Crippen molar-refractivity contribution in [3.8, 4) is 0 Å². The third-order valence-corrected chi connectivity index (χ3v) is 5.72. The first kappa shape index (κ1) is 15.9. The number of nitrogens with zero attached hydrogens (tertiary/aromatic N) is 1. The molecule has 1 aliphatic heterocycles. The minimum atomic E-state index is 0.114. The molecule has 3 nitrogen and oxygen atoms in total. The summed E-state index contributed by atoms with van der Waals surface area (Å²) in [4.78, 5) is 16.3. The lowest BCUT2D eigenvalue weighted by Crippen LogP contribution is -2.21. The van der Waals surface area contributed by atoms with Gasteiger partial charge in [0.1, 0.15) is 4.88 Å². The van der Waals surface area contributed by atoms with Crippen molar-refractivity contribution in [1.29, 1.82) is 0 Å². The summed E-state index contributed by atoms with van der Waals surface area (Å²) in [7, 11) is 0. The van der Waals surface area contributed by atoms with Crippen LogP contribution in [-0.4, -0.2) is 18.9 Å². The Morgan fingerprint density at radius 1 is 1.08 bits per heavy atom. The maximum atomic E-state index is 13.1. The summed E-state index contributed by atoms with van der Waals surface area (Å²) in [6, 6.07) is 19.7. The highest BCUT2D eigenvalue weighted by Crippen LogP contribution is 2.45. The van der Waals surface area contributed by atoms with Crippen LogP contribution in [0, 0.1) is 0 Å². The van der Waals surface area contributed by atoms with Gasteiger partial charge in [0.25, 0.3) is 0 Å². The molecule has 0 amide bonds. The topological polar surface area (TPSA) is 32.3 Å². The first-order valence-electron chi connectivity index (χ1n) is 8.60. The van der Waals surface area contributed by atoms with Gasteiger partial charge in [-0.15, -0.1) is 11.3 Å². The molecule has 0 saturated heterocycles. The van der Waals surface area contributed by atoms with Gasteiger partial charge in [-0.05, 0) is 25.5 Å². The van der Waals surface area contributed by atoms with Crippen LogP contribution in [0.25, 0.3) is 0 Å². The Kier molecular flexibility index (Phi) is 4.28. The largest absolute Gasteiger partial charge is 0.370 e. The minimum absolute atomic E-state index is 0.114. The van der Waals surface area contributed by atoms with E-state index >= 15 is 0 Å². The number of likely N-dealkylation sites (N-methyl/N-ethyl adjacent to an activating group) is 1. The predicted molar refractivity (Wildman–Crippen MR) is 106 cm³/mol. The molecule has 0 atom stereocenters. The highest BCUT2D eigenvalue weighted by Gasteiger charge is 2.31. The van der Waals surface area contributed by atoms with Crippen molar-refractivity contribution in [2.45, 2.75) is 13.3 Å². The van der Waals surface area contributed by atoms with Crippen molar-refractivity contribution in [2.75, 3.05) is 23.3 Å². The molecule has 4 rings (SSSR count). The number of fused-ring (bicyclic) bond motifs is 1. The quantitative estimate of drug-likeness (QED) is 0.651. The van der Waals surface area contributed by atoms with E-state index in [0.717, 1.165) is 46.3 Å². The number of thiophene rings is 1. The van der Waals surface area contributed by atoms with E-state index in [1.54, 1.807) is 11.3 Å². The maximum absolute atomic E-state index is 13.1. The summed E-state index contributed by atoms with van der Waals surface area (Å²) < 4.78 is 0. The first-order chi connectivity index (χ1) is 12.3. The van der Waals surface area contributed by atoms with E-state index in [4.69, 9.17) is 0 Å². The van der Waals surface area contributed by atoms with Gasteiger partial charge < -0.3 is 10.2 Å². The Balaban J connectivity index is 1.77. The summed E-state index contributed by atoms with van der Waals surface area (Å²) in [5, 5.41) is 4.61. The molecule has 0 saturated carbocycles. The lowest BCUT2D eigenvalue weighted by atomic mass is 10.1. The van der Waals surface area contributed by atoms with E-state index in [1.807, 2.05) is 48.5 Å². The van der Waals surface area contributed by atoms with Crippen LogP contribution in [-0.2, 0) is 6.42 Å². The van der Waals surface area contributed by atoms with Gasteiger partial charge in [0.05, 0.1) is 10.7 Å². The molecule has 1 N–H and O–H groups in total. The molecule has 0 fully saturated rings. The summed E-state index contributed by atoms with van der Waals surface area (Å²) in [6.07, 6.45) is 0.983. The second-order valence-corrected chi connectivity index (χ2v) is 7.12. The Morgan fingerprint density at radius 3 is 2.44 bits per heavy atom. The van der Waals surface area contributed by atoms with Crippen LogP contribution in [0.15, 0.2) is 60.7 Å². The van der Waals surface area contributed by atoms with Crippen LogP contribution < -0.4 is 10.2 Å². The van der Waals surface area contributed by atoms with Crippen LogP contribution in [0.3, 0.4) is 0 Å². The molecule has 126 valence electrons. The summed E-state index contributed by atoms with van der Waals surface area (Å²) in [6.45, 7) is 4.05. The van der Waals surface area contributed by atoms with E-state index in [9.17, 15) is 4.79 Å². The normalized spacial score (nSPS) is 12.9. The maximum Gasteiger partial charge on any atom is 0.205 e. The van der Waals surface area contributed by atoms with Crippen molar-refractivity contribution in [2.24, 2.45) is 0 Å². The second kappa shape index (κ2) is 6.73. The Morgan fingerprint density at radius 2 is 1.76 bits per heavy atom. The van der Waals surface area contributed by atoms with E-state index < -0.39 is 0 Å². The fourth-order valence-electron chi connectivity index (χ4n) is 3.33. The Labute approximate surface area is 151 Å². The Bertz CT molecular complexity index is 887. The number of hydrogen-bond donors (Lipinski definition) is 1. The minimum Gasteiger partial charge on any atom is -0.370 e. The smallest absolute Gasteiger partial charge is 0.205 e. The molecule has 0 bridgehead atoms. The van der Waals surface area contributed by atoms with E-state index in [0.29, 0.717) is 0 Å². The monoisotopic (exact) mass is 348 g/mol. The summed E-state index contributed by atoms with van der Waals surface area (Å²) in [5.41, 5.74) is 4.20. The molecule has 0 spiro atoms. The molecule has 25 heavy (non-hydrogen) atoms. The zero-order valence-corrected chi connectivity index (χ0v) is 15.0. The van der Waals surface area contributed by atoms with Gasteiger partial charge in [-0.2, -0.15) is 0 Å². The average Bonchev–Trinajstić information content (AvgIpc) is 3.24. The van der Waals surface area contributed by atoms with Crippen LogP contribution in [0.5, 0.6) is 0 Å². The zero-order chi connectivity index (χ0) is 17.2. The lowest BCUT2D eigenvalue weighted by molar-refractivity contribution is 0.104. The highest BCUT2D eigenvalue weighted by atomic mass is 32.1. The number of carbonyl (C=O) groups is 1. The van der Waals surface area contributed by atoms with Gasteiger partial charge in [-0.25, -0.2) is 0 Å². The number of rotatable bonds is 5. The van der Waals surface area contributed by atoms with E-state index in [2.05, 4.69) is 29.3 Å². The van der Waals surface area contributed by atoms with Gasteiger partial charge in [0, 0.05) is 29.9 Å². The molecule has 2 aromatic carbocycles. The zero-order valence-electron chi connectivity index (χ0n) is 14.2. The van der Waals surface area contributed by atoms with Crippen molar-refractivity contribution >= 4 is 33.5 Å². The van der Waals surface area contributed by atoms with Crippen LogP contribution in [0.2, 0.25) is 0 Å². The van der Waals surface area contributed by atoms with Crippen LogP contribution in [0.4, 0.5) is 16.4 Å². The number of hydrogen-bond acceptors (Lipinski definition) is 4. The molecule has 1 aliphatic rings. The fraction of sp³-hybridized carbons (Fsp3) is 0.190. The number of anilines is 3. The molecular weight excluding hydrogens is 328 g/mol. The number of para-hydroxylation sites is 1. The number of benzene rings is 2. The second-order valence-electron chi connectivity index (χ2n) is 6.10. The molecule has 0 radical (unpaired) electrons. The van der Waals surface area contributed by atoms with Crippen molar-refractivity contribution in [1.82, 2.24) is 0 Å². The summed E-state index contributed by atoms with van der Waals surface area (Å²) >= 11 is 1.58. The Hall–Kier alpha value is -2.59. The van der Waals surface area contributed by atoms with Crippen LogP contribution in [0.1, 0.15) is 27.7 Å². The standard InChI is InChI=1S/C21H20N2OS/c1-2-23-14-13-17-18(23)20(19(24)15-9-5-3-6-10-15)25-21(17)22-16-11-7-4-8-12-16/h3-12,22H,2,13-14H2,1H3. The molecule has 4 heteroatoms. The third kappa shape index (κ3) is 2.94. The lowest BCUT2D eigenvalue weighted by Gasteiger charge is -2.17. The van der Waals surface area contributed by atoms with E-state index in [1.165, 1.54) is 5.56 Å². The number of ketones is 1. The molecule has 1 aromatic heterocycles. The number of nitrogens with one attached hydrogen (secondary N) is 1. The van der Waals surface area contributed by atoms with Gasteiger partial charge in [-0.3, -0.25) is 4.79 Å². The first-order valence-corrected chi connectivity index (χ1v) is 9.42. The predicted octanol–water partition coefficient (Wildman–Crippen LogP) is 5.11. The van der Waals surface area contributed by atoms with E-state index in [-0.39, 0.29) is 5.78 Å². The van der Waals surface area contributed by atoms with Gasteiger partial charge in [0.15, 0.2) is 0 Å². The summed E-state index contributed by atoms with van der Waals surface area (Å²) in [5.74, 6) is 0.114. The average molecular weight is 348 g/mol. The van der Waals surface area contributed by atoms with Crippen molar-refractivity contribution < 1.29 is 4.79 Å².